The number of aryl methyl sites for hydroxylation is 1. The van der Waals surface area contributed by atoms with E-state index in [4.69, 9.17) is 9.63 Å². The summed E-state index contributed by atoms with van der Waals surface area (Å²) in [5.41, 5.74) is 0.471. The minimum atomic E-state index is 0.0962. The highest BCUT2D eigenvalue weighted by atomic mass is 16.5. The fourth-order valence-corrected chi connectivity index (χ4v) is 0.797. The second kappa shape index (κ2) is 3.88. The minimum Gasteiger partial charge on any atom is -0.396 e. The van der Waals surface area contributed by atoms with Crippen molar-refractivity contribution in [2.45, 2.75) is 12.8 Å². The summed E-state index contributed by atoms with van der Waals surface area (Å²) >= 11 is 0. The summed E-state index contributed by atoms with van der Waals surface area (Å²) in [5, 5.41) is 11.9. The molecule has 0 aromatic carbocycles. The lowest BCUT2D eigenvalue weighted by atomic mass is 10.2. The molecule has 1 aromatic heterocycles. The molecule has 0 spiro atoms. The van der Waals surface area contributed by atoms with Gasteiger partial charge in [0.25, 0.3) is 0 Å². The van der Waals surface area contributed by atoms with Gasteiger partial charge in [-0.25, -0.2) is 0 Å². The van der Waals surface area contributed by atoms with Crippen molar-refractivity contribution in [1.29, 1.82) is 0 Å². The highest BCUT2D eigenvalue weighted by Crippen LogP contribution is 2.06. The molecule has 1 aromatic rings. The van der Waals surface area contributed by atoms with Crippen LogP contribution in [0, 0.1) is 0 Å². The van der Waals surface area contributed by atoms with Crippen LogP contribution in [-0.2, 0) is 6.42 Å². The Labute approximate surface area is 63.8 Å². The maximum Gasteiger partial charge on any atom is 0.155 e. The van der Waals surface area contributed by atoms with E-state index in [1.165, 1.54) is 6.20 Å². The molecule has 0 saturated heterocycles. The van der Waals surface area contributed by atoms with Crippen molar-refractivity contribution < 1.29 is 14.4 Å². The van der Waals surface area contributed by atoms with Crippen LogP contribution in [0.2, 0.25) is 0 Å². The number of aliphatic hydroxyl groups excluding tert-OH is 1. The van der Waals surface area contributed by atoms with Gasteiger partial charge in [0.1, 0.15) is 5.76 Å². The third-order valence-corrected chi connectivity index (χ3v) is 1.37. The molecule has 0 bridgehead atoms. The van der Waals surface area contributed by atoms with Crippen LogP contribution in [0.5, 0.6) is 0 Å². The quantitative estimate of drug-likeness (QED) is 0.640. The van der Waals surface area contributed by atoms with Gasteiger partial charge in [0.2, 0.25) is 0 Å². The van der Waals surface area contributed by atoms with Crippen molar-refractivity contribution in [3.63, 3.8) is 0 Å². The molecule has 1 N–H and O–H groups in total. The first-order valence-electron chi connectivity index (χ1n) is 3.38. The molecule has 11 heavy (non-hydrogen) atoms. The molecule has 0 amide bonds. The molecule has 0 saturated carbocycles. The van der Waals surface area contributed by atoms with Crippen LogP contribution in [0.1, 0.15) is 22.5 Å². The van der Waals surface area contributed by atoms with Crippen molar-refractivity contribution in [2.75, 3.05) is 6.61 Å². The first-order valence-corrected chi connectivity index (χ1v) is 3.38. The van der Waals surface area contributed by atoms with E-state index in [-0.39, 0.29) is 6.61 Å². The van der Waals surface area contributed by atoms with E-state index in [0.29, 0.717) is 30.5 Å². The molecule has 0 aliphatic carbocycles. The van der Waals surface area contributed by atoms with Crippen molar-refractivity contribution >= 4 is 6.29 Å². The van der Waals surface area contributed by atoms with Crippen LogP contribution in [-0.4, -0.2) is 23.2 Å². The number of aldehydes is 1. The summed E-state index contributed by atoms with van der Waals surface area (Å²) in [6, 6.07) is 0. The lowest BCUT2D eigenvalue weighted by Gasteiger charge is -1.91. The van der Waals surface area contributed by atoms with E-state index in [9.17, 15) is 4.79 Å². The highest BCUT2D eigenvalue weighted by Gasteiger charge is 2.05. The van der Waals surface area contributed by atoms with Gasteiger partial charge >= 0.3 is 0 Å². The molecule has 4 nitrogen and oxygen atoms in total. The zero-order valence-electron chi connectivity index (χ0n) is 5.99. The van der Waals surface area contributed by atoms with Crippen molar-refractivity contribution in [3.05, 3.63) is 17.5 Å². The molecule has 0 atom stereocenters. The first-order chi connectivity index (χ1) is 5.38. The maximum atomic E-state index is 10.3. The lowest BCUT2D eigenvalue weighted by molar-refractivity contribution is 0.112. The van der Waals surface area contributed by atoms with E-state index < -0.39 is 0 Å². The summed E-state index contributed by atoms with van der Waals surface area (Å²) in [7, 11) is 0. The van der Waals surface area contributed by atoms with Gasteiger partial charge in [0.15, 0.2) is 6.29 Å². The predicted molar refractivity (Wildman–Crippen MR) is 37.3 cm³/mol. The van der Waals surface area contributed by atoms with Crippen molar-refractivity contribution in [3.8, 4) is 0 Å². The number of carbonyl (C=O) groups excluding carboxylic acids is 1. The fraction of sp³-hybridized carbons (Fsp3) is 0.429. The van der Waals surface area contributed by atoms with Gasteiger partial charge in [-0.2, -0.15) is 0 Å². The third-order valence-electron chi connectivity index (χ3n) is 1.37. The van der Waals surface area contributed by atoms with Crippen LogP contribution < -0.4 is 0 Å². The van der Waals surface area contributed by atoms with Gasteiger partial charge in [0, 0.05) is 13.0 Å². The minimum absolute atomic E-state index is 0.0962. The Kier molecular flexibility index (Phi) is 2.80. The summed E-state index contributed by atoms with van der Waals surface area (Å²) in [6.45, 7) is 0.0962. The highest BCUT2D eigenvalue weighted by molar-refractivity contribution is 5.75. The zero-order valence-corrected chi connectivity index (χ0v) is 5.99. The molecular weight excluding hydrogens is 146 g/mol. The number of hydrogen-bond donors (Lipinski definition) is 1. The molecule has 0 fully saturated rings. The lowest BCUT2D eigenvalue weighted by Crippen LogP contribution is -1.90. The Morgan fingerprint density at radius 1 is 1.73 bits per heavy atom. The standard InChI is InChI=1S/C7H9NO3/c9-3-1-2-7-6(5-10)4-8-11-7/h4-5,9H,1-3H2. The molecule has 1 heterocycles. The van der Waals surface area contributed by atoms with Crippen LogP contribution >= 0.6 is 0 Å². The summed E-state index contributed by atoms with van der Waals surface area (Å²) in [4.78, 5) is 10.3. The maximum absolute atomic E-state index is 10.3. The smallest absolute Gasteiger partial charge is 0.155 e. The van der Waals surface area contributed by atoms with Crippen LogP contribution in [0.15, 0.2) is 10.7 Å². The molecule has 0 aliphatic rings. The Balaban J connectivity index is 2.61. The Hall–Kier alpha value is -1.16. The van der Waals surface area contributed by atoms with Crippen LogP contribution in [0.4, 0.5) is 0 Å². The van der Waals surface area contributed by atoms with Crippen LogP contribution in [0.25, 0.3) is 0 Å². The topological polar surface area (TPSA) is 63.3 Å². The number of hydrogen-bond acceptors (Lipinski definition) is 4. The molecule has 0 unspecified atom stereocenters. The first kappa shape index (κ1) is 7.94. The molecular formula is C7H9NO3. The second-order valence-electron chi connectivity index (χ2n) is 2.15. The van der Waals surface area contributed by atoms with E-state index in [1.54, 1.807) is 0 Å². The van der Waals surface area contributed by atoms with Crippen molar-refractivity contribution in [2.24, 2.45) is 0 Å². The van der Waals surface area contributed by atoms with Gasteiger partial charge in [-0.05, 0) is 6.42 Å². The number of rotatable bonds is 4. The number of carbonyl (C=O) groups is 1. The monoisotopic (exact) mass is 155 g/mol. The summed E-state index contributed by atoms with van der Waals surface area (Å²) in [5.74, 6) is 0.550. The van der Waals surface area contributed by atoms with Crippen molar-refractivity contribution in [1.82, 2.24) is 5.16 Å². The van der Waals surface area contributed by atoms with E-state index >= 15 is 0 Å². The normalized spacial score (nSPS) is 9.91. The Bertz CT molecular complexity index is 231. The van der Waals surface area contributed by atoms with Gasteiger partial charge in [-0.1, -0.05) is 5.16 Å². The van der Waals surface area contributed by atoms with Gasteiger partial charge < -0.3 is 9.63 Å². The van der Waals surface area contributed by atoms with E-state index in [0.717, 1.165) is 0 Å². The second-order valence-corrected chi connectivity index (χ2v) is 2.15. The van der Waals surface area contributed by atoms with E-state index in [1.807, 2.05) is 0 Å². The molecule has 60 valence electrons. The SMILES string of the molecule is O=Cc1cnoc1CCCO. The van der Waals surface area contributed by atoms with Gasteiger partial charge in [-0.15, -0.1) is 0 Å². The Morgan fingerprint density at radius 3 is 3.18 bits per heavy atom. The Morgan fingerprint density at radius 2 is 2.55 bits per heavy atom. The molecule has 1 rings (SSSR count). The third kappa shape index (κ3) is 1.88. The largest absolute Gasteiger partial charge is 0.396 e. The fourth-order valence-electron chi connectivity index (χ4n) is 0.797. The summed E-state index contributed by atoms with van der Waals surface area (Å²) < 4.78 is 4.77. The van der Waals surface area contributed by atoms with Gasteiger partial charge in [0.05, 0.1) is 11.8 Å². The predicted octanol–water partition coefficient (Wildman–Crippen LogP) is 0.412. The number of aromatic nitrogens is 1. The van der Waals surface area contributed by atoms with Crippen LogP contribution in [0.3, 0.4) is 0 Å². The number of nitrogens with zero attached hydrogens (tertiary/aromatic N) is 1. The molecule has 4 heteroatoms. The average Bonchev–Trinajstić information content (AvgIpc) is 2.47. The molecule has 0 aliphatic heterocycles. The summed E-state index contributed by atoms with van der Waals surface area (Å²) in [6.07, 6.45) is 3.23. The van der Waals surface area contributed by atoms with Gasteiger partial charge in [-0.3, -0.25) is 4.79 Å². The number of aliphatic hydroxyl groups is 1. The zero-order chi connectivity index (χ0) is 8.10. The molecule has 0 radical (unpaired) electrons. The van der Waals surface area contributed by atoms with E-state index in [2.05, 4.69) is 5.16 Å². The average molecular weight is 155 g/mol.